The van der Waals surface area contributed by atoms with Crippen LogP contribution < -0.4 is 5.73 Å². The van der Waals surface area contributed by atoms with Crippen LogP contribution in [0.1, 0.15) is 13.3 Å². The number of hydrogen-bond acceptors (Lipinski definition) is 2. The first-order chi connectivity index (χ1) is 6.58. The highest BCUT2D eigenvalue weighted by atomic mass is 79.9. The largest absolute Gasteiger partial charge is 0.388 e. The molecule has 0 spiro atoms. The predicted molar refractivity (Wildman–Crippen MR) is 66.0 cm³/mol. The van der Waals surface area contributed by atoms with E-state index in [2.05, 4.69) is 35.0 Å². The fourth-order valence-corrected chi connectivity index (χ4v) is 2.38. The van der Waals surface area contributed by atoms with E-state index in [-0.39, 0.29) is 5.84 Å². The number of halogens is 1. The number of hydrogen-bond donors (Lipinski definition) is 2. The molecule has 1 rings (SSSR count). The Morgan fingerprint density at radius 2 is 2.07 bits per heavy atom. The molecule has 4 heteroatoms. The van der Waals surface area contributed by atoms with Crippen molar-refractivity contribution in [2.75, 3.05) is 0 Å². The third-order valence-electron chi connectivity index (χ3n) is 1.66. The second-order valence-electron chi connectivity index (χ2n) is 3.11. The highest BCUT2D eigenvalue weighted by Gasteiger charge is 2.05. The second kappa shape index (κ2) is 5.41. The third-order valence-corrected chi connectivity index (χ3v) is 3.30. The summed E-state index contributed by atoms with van der Waals surface area (Å²) in [5.74, 6) is 0.252. The van der Waals surface area contributed by atoms with Gasteiger partial charge in [0.1, 0.15) is 0 Å². The van der Waals surface area contributed by atoms with Crippen LogP contribution in [0.25, 0.3) is 0 Å². The molecular formula is C10H13BrN2S. The van der Waals surface area contributed by atoms with E-state index in [1.165, 1.54) is 4.90 Å². The van der Waals surface area contributed by atoms with Crippen molar-refractivity contribution in [1.82, 2.24) is 0 Å². The van der Waals surface area contributed by atoms with Crippen molar-refractivity contribution in [3.05, 3.63) is 28.7 Å². The zero-order valence-corrected chi connectivity index (χ0v) is 10.4. The smallest absolute Gasteiger partial charge is 0.0916 e. The van der Waals surface area contributed by atoms with Crippen molar-refractivity contribution in [2.24, 2.45) is 5.73 Å². The van der Waals surface area contributed by atoms with Crippen molar-refractivity contribution in [3.8, 4) is 0 Å². The van der Waals surface area contributed by atoms with Crippen LogP contribution in [0.4, 0.5) is 0 Å². The van der Waals surface area contributed by atoms with Crippen LogP contribution in [-0.2, 0) is 0 Å². The van der Waals surface area contributed by atoms with Crippen LogP contribution in [0.3, 0.4) is 0 Å². The number of rotatable bonds is 4. The molecule has 1 unspecified atom stereocenters. The van der Waals surface area contributed by atoms with Crippen LogP contribution in [0, 0.1) is 5.41 Å². The molecule has 1 atom stereocenters. The van der Waals surface area contributed by atoms with Crippen LogP contribution in [0.5, 0.6) is 0 Å². The highest BCUT2D eigenvalue weighted by Crippen LogP contribution is 2.26. The summed E-state index contributed by atoms with van der Waals surface area (Å²) in [7, 11) is 0. The van der Waals surface area contributed by atoms with Gasteiger partial charge in [0.2, 0.25) is 0 Å². The lowest BCUT2D eigenvalue weighted by atomic mass is 10.3. The minimum absolute atomic E-state index is 0.252. The van der Waals surface area contributed by atoms with Crippen LogP contribution >= 0.6 is 27.7 Å². The number of nitrogens with one attached hydrogen (secondary N) is 1. The molecule has 0 aliphatic carbocycles. The summed E-state index contributed by atoms with van der Waals surface area (Å²) in [5.41, 5.74) is 5.33. The fourth-order valence-electron chi connectivity index (χ4n) is 1.10. The van der Waals surface area contributed by atoms with E-state index in [9.17, 15) is 0 Å². The average Bonchev–Trinajstić information content (AvgIpc) is 2.07. The van der Waals surface area contributed by atoms with E-state index in [0.29, 0.717) is 11.7 Å². The normalized spacial score (nSPS) is 12.4. The van der Waals surface area contributed by atoms with Crippen molar-refractivity contribution in [1.29, 1.82) is 5.41 Å². The molecule has 0 saturated heterocycles. The summed E-state index contributed by atoms with van der Waals surface area (Å²) in [6.07, 6.45) is 0.640. The summed E-state index contributed by atoms with van der Waals surface area (Å²) in [5, 5.41) is 7.54. The first kappa shape index (κ1) is 11.6. The van der Waals surface area contributed by atoms with Gasteiger partial charge < -0.3 is 5.73 Å². The molecule has 0 bridgehead atoms. The highest BCUT2D eigenvalue weighted by molar-refractivity contribution is 9.10. The molecule has 0 aliphatic heterocycles. The number of amidine groups is 1. The number of benzene rings is 1. The average molecular weight is 273 g/mol. The van der Waals surface area contributed by atoms with E-state index in [4.69, 9.17) is 11.1 Å². The Hall–Kier alpha value is -0.480. The van der Waals surface area contributed by atoms with Gasteiger partial charge in [0, 0.05) is 21.0 Å². The molecular weight excluding hydrogens is 260 g/mol. The summed E-state index contributed by atoms with van der Waals surface area (Å²) in [6.45, 7) is 2.08. The van der Waals surface area contributed by atoms with E-state index < -0.39 is 0 Å². The predicted octanol–water partition coefficient (Wildman–Crippen LogP) is 3.26. The first-order valence-corrected chi connectivity index (χ1v) is 6.00. The molecule has 1 aromatic carbocycles. The molecule has 76 valence electrons. The minimum atomic E-state index is 0.252. The summed E-state index contributed by atoms with van der Waals surface area (Å²) >= 11 is 5.13. The monoisotopic (exact) mass is 272 g/mol. The Labute approximate surface area is 96.9 Å². The van der Waals surface area contributed by atoms with Gasteiger partial charge in [0.05, 0.1) is 5.84 Å². The Morgan fingerprint density at radius 1 is 1.50 bits per heavy atom. The zero-order valence-electron chi connectivity index (χ0n) is 7.96. The molecule has 2 nitrogen and oxygen atoms in total. The summed E-state index contributed by atoms with van der Waals surface area (Å²) in [6, 6.07) is 8.16. The zero-order chi connectivity index (χ0) is 10.6. The summed E-state index contributed by atoms with van der Waals surface area (Å²) < 4.78 is 1.08. The van der Waals surface area contributed by atoms with Gasteiger partial charge in [0.25, 0.3) is 0 Å². The summed E-state index contributed by atoms with van der Waals surface area (Å²) in [4.78, 5) is 1.21. The van der Waals surface area contributed by atoms with Gasteiger partial charge in [-0.25, -0.2) is 0 Å². The second-order valence-corrected chi connectivity index (χ2v) is 5.54. The Balaban J connectivity index is 2.51. The maximum absolute atomic E-state index is 7.18. The fraction of sp³-hybridized carbons (Fsp3) is 0.300. The molecule has 14 heavy (non-hydrogen) atoms. The van der Waals surface area contributed by atoms with E-state index in [1.54, 1.807) is 11.8 Å². The lowest BCUT2D eigenvalue weighted by Gasteiger charge is -2.09. The van der Waals surface area contributed by atoms with Gasteiger partial charge in [0.15, 0.2) is 0 Å². The van der Waals surface area contributed by atoms with E-state index >= 15 is 0 Å². The molecule has 0 fully saturated rings. The molecule has 0 radical (unpaired) electrons. The maximum atomic E-state index is 7.18. The number of thioether (sulfide) groups is 1. The van der Waals surface area contributed by atoms with Crippen molar-refractivity contribution in [2.45, 2.75) is 23.5 Å². The molecule has 0 aromatic heterocycles. The molecule has 0 saturated carbocycles. The number of nitrogens with two attached hydrogens (primary N) is 1. The van der Waals surface area contributed by atoms with Gasteiger partial charge in [-0.3, -0.25) is 5.41 Å². The van der Waals surface area contributed by atoms with Crippen molar-refractivity contribution >= 4 is 33.5 Å². The van der Waals surface area contributed by atoms with Crippen LogP contribution in [-0.4, -0.2) is 11.1 Å². The van der Waals surface area contributed by atoms with Crippen molar-refractivity contribution in [3.63, 3.8) is 0 Å². The Bertz CT molecular complexity index is 310. The van der Waals surface area contributed by atoms with Gasteiger partial charge in [-0.05, 0) is 24.3 Å². The van der Waals surface area contributed by atoms with Crippen LogP contribution in [0.15, 0.2) is 33.6 Å². The Kier molecular flexibility index (Phi) is 4.48. The van der Waals surface area contributed by atoms with Gasteiger partial charge in [-0.15, -0.1) is 11.8 Å². The topological polar surface area (TPSA) is 49.9 Å². The van der Waals surface area contributed by atoms with Gasteiger partial charge in [-0.2, -0.15) is 0 Å². The minimum Gasteiger partial charge on any atom is -0.388 e. The first-order valence-electron chi connectivity index (χ1n) is 4.33. The van der Waals surface area contributed by atoms with Crippen LogP contribution in [0.2, 0.25) is 0 Å². The lowest BCUT2D eigenvalue weighted by Crippen LogP contribution is -2.14. The quantitative estimate of drug-likeness (QED) is 0.502. The van der Waals surface area contributed by atoms with E-state index in [1.807, 2.05) is 12.1 Å². The molecule has 1 aromatic rings. The van der Waals surface area contributed by atoms with E-state index in [0.717, 1.165) is 4.47 Å². The van der Waals surface area contributed by atoms with Crippen molar-refractivity contribution < 1.29 is 0 Å². The molecule has 0 aliphatic rings. The molecule has 3 N–H and O–H groups in total. The van der Waals surface area contributed by atoms with Gasteiger partial charge in [-0.1, -0.05) is 22.9 Å². The maximum Gasteiger partial charge on any atom is 0.0916 e. The molecule has 0 heterocycles. The lowest BCUT2D eigenvalue weighted by molar-refractivity contribution is 0.996. The van der Waals surface area contributed by atoms with Gasteiger partial charge >= 0.3 is 0 Å². The Morgan fingerprint density at radius 3 is 2.57 bits per heavy atom. The SMILES string of the molecule is CC(CC(=N)N)Sc1ccc(Br)cc1. The molecule has 0 amide bonds. The third kappa shape index (κ3) is 4.15. The standard InChI is InChI=1S/C10H13BrN2S/c1-7(6-10(12)13)14-9-4-2-8(11)3-5-9/h2-5,7H,6H2,1H3,(H3,12,13).